The first-order chi connectivity index (χ1) is 13.3. The molecular weight excluding hydrogens is 487 g/mol. The van der Waals surface area contributed by atoms with Crippen LogP contribution in [0.15, 0.2) is 16.4 Å². The molecule has 1 fully saturated rings. The van der Waals surface area contributed by atoms with Crippen LogP contribution in [-0.2, 0) is 22.4 Å². The number of rotatable bonds is 10. The first-order valence-corrected chi connectivity index (χ1v) is 11.2. The van der Waals surface area contributed by atoms with Crippen LogP contribution in [0, 0.1) is 5.92 Å². The van der Waals surface area contributed by atoms with Crippen LogP contribution in [0.1, 0.15) is 30.2 Å². The Labute approximate surface area is 190 Å². The van der Waals surface area contributed by atoms with Crippen LogP contribution in [0.3, 0.4) is 0 Å². The molecule has 0 aromatic carbocycles. The highest BCUT2D eigenvalue weighted by atomic mass is 127. The van der Waals surface area contributed by atoms with Crippen LogP contribution < -0.4 is 10.6 Å². The monoisotopic (exact) mass is 522 g/mol. The van der Waals surface area contributed by atoms with E-state index in [4.69, 9.17) is 9.47 Å². The molecule has 2 N–H and O–H groups in total. The number of hydrogen-bond donors (Lipinski definition) is 2. The van der Waals surface area contributed by atoms with Crippen molar-refractivity contribution in [2.24, 2.45) is 10.9 Å². The van der Waals surface area contributed by atoms with E-state index in [9.17, 15) is 0 Å². The summed E-state index contributed by atoms with van der Waals surface area (Å²) in [6.45, 7) is 11.3. The SMILES string of the molecule is CCNC(=NCCCOCC1CCOC1)NCCN1CCc2sccc2C1.I. The third-order valence-electron chi connectivity index (χ3n) is 5.05. The molecule has 3 heterocycles. The minimum Gasteiger partial charge on any atom is -0.381 e. The molecule has 0 saturated carbocycles. The van der Waals surface area contributed by atoms with E-state index in [-0.39, 0.29) is 24.0 Å². The van der Waals surface area contributed by atoms with Crippen molar-refractivity contribution in [1.29, 1.82) is 0 Å². The molecule has 1 saturated heterocycles. The molecule has 160 valence electrons. The molecule has 2 aliphatic heterocycles. The molecule has 2 aliphatic rings. The molecule has 8 heteroatoms. The summed E-state index contributed by atoms with van der Waals surface area (Å²) in [5.74, 6) is 1.50. The smallest absolute Gasteiger partial charge is 0.191 e. The Morgan fingerprint density at radius 1 is 1.43 bits per heavy atom. The quantitative estimate of drug-likeness (QED) is 0.214. The van der Waals surface area contributed by atoms with E-state index in [0.717, 1.165) is 84.5 Å². The van der Waals surface area contributed by atoms with E-state index in [0.29, 0.717) is 5.92 Å². The van der Waals surface area contributed by atoms with Crippen LogP contribution in [0.5, 0.6) is 0 Å². The Morgan fingerprint density at radius 3 is 3.18 bits per heavy atom. The Balaban J connectivity index is 0.00000280. The van der Waals surface area contributed by atoms with Gasteiger partial charge in [-0.3, -0.25) is 9.89 Å². The molecule has 1 aromatic rings. The third-order valence-corrected chi connectivity index (χ3v) is 6.07. The minimum atomic E-state index is 0. The third kappa shape index (κ3) is 8.14. The summed E-state index contributed by atoms with van der Waals surface area (Å²) in [5, 5.41) is 9.01. The summed E-state index contributed by atoms with van der Waals surface area (Å²) >= 11 is 1.90. The summed E-state index contributed by atoms with van der Waals surface area (Å²) in [6.07, 6.45) is 3.28. The number of hydrogen-bond acceptors (Lipinski definition) is 5. The predicted molar refractivity (Wildman–Crippen MR) is 127 cm³/mol. The van der Waals surface area contributed by atoms with Crippen molar-refractivity contribution in [3.8, 4) is 0 Å². The largest absolute Gasteiger partial charge is 0.381 e. The van der Waals surface area contributed by atoms with E-state index >= 15 is 0 Å². The molecule has 28 heavy (non-hydrogen) atoms. The van der Waals surface area contributed by atoms with Gasteiger partial charge in [0, 0.05) is 63.3 Å². The summed E-state index contributed by atoms with van der Waals surface area (Å²) in [5.41, 5.74) is 1.51. The van der Waals surface area contributed by atoms with Crippen molar-refractivity contribution in [1.82, 2.24) is 15.5 Å². The fourth-order valence-electron chi connectivity index (χ4n) is 3.49. The van der Waals surface area contributed by atoms with Gasteiger partial charge in [0.2, 0.25) is 0 Å². The highest BCUT2D eigenvalue weighted by Gasteiger charge is 2.17. The standard InChI is InChI=1S/C20H34N4O2S.HI/c1-2-21-20(22-7-3-11-25-15-17-5-12-26-16-17)23-8-10-24-9-4-19-18(14-24)6-13-27-19;/h6,13,17H,2-5,7-12,14-16H2,1H3,(H2,21,22,23);1H. The fourth-order valence-corrected chi connectivity index (χ4v) is 4.38. The number of guanidine groups is 1. The van der Waals surface area contributed by atoms with Crippen LogP contribution in [0.4, 0.5) is 0 Å². The molecule has 1 unspecified atom stereocenters. The molecular formula is C20H35IN4O2S. The molecule has 0 radical (unpaired) electrons. The van der Waals surface area contributed by atoms with Gasteiger partial charge < -0.3 is 20.1 Å². The maximum atomic E-state index is 5.75. The molecule has 0 bridgehead atoms. The molecule has 0 aliphatic carbocycles. The second kappa shape index (κ2) is 13.7. The maximum Gasteiger partial charge on any atom is 0.191 e. The molecule has 1 aromatic heterocycles. The highest BCUT2D eigenvalue weighted by molar-refractivity contribution is 14.0. The second-order valence-corrected chi connectivity index (χ2v) is 8.24. The van der Waals surface area contributed by atoms with E-state index < -0.39 is 0 Å². The summed E-state index contributed by atoms with van der Waals surface area (Å²) in [6, 6.07) is 2.27. The molecule has 1 atom stereocenters. The summed E-state index contributed by atoms with van der Waals surface area (Å²) < 4.78 is 11.1. The first-order valence-electron chi connectivity index (χ1n) is 10.3. The van der Waals surface area contributed by atoms with E-state index in [2.05, 4.69) is 38.9 Å². The van der Waals surface area contributed by atoms with E-state index in [1.54, 1.807) is 4.88 Å². The Bertz CT molecular complexity index is 578. The number of nitrogens with zero attached hydrogens (tertiary/aromatic N) is 2. The van der Waals surface area contributed by atoms with Crippen LogP contribution in [-0.4, -0.2) is 70.0 Å². The van der Waals surface area contributed by atoms with Crippen molar-refractivity contribution >= 4 is 41.3 Å². The number of ether oxygens (including phenoxy) is 2. The predicted octanol–water partition coefficient (Wildman–Crippen LogP) is 2.72. The lowest BCUT2D eigenvalue weighted by Crippen LogP contribution is -2.42. The van der Waals surface area contributed by atoms with Crippen molar-refractivity contribution in [2.45, 2.75) is 32.7 Å². The fraction of sp³-hybridized carbons (Fsp3) is 0.750. The van der Waals surface area contributed by atoms with Gasteiger partial charge in [0.05, 0.1) is 13.2 Å². The Morgan fingerprint density at radius 2 is 2.36 bits per heavy atom. The Hall–Kier alpha value is -0.420. The lowest BCUT2D eigenvalue weighted by molar-refractivity contribution is 0.0893. The lowest BCUT2D eigenvalue weighted by atomic mass is 10.1. The Kier molecular flexibility index (Phi) is 11.7. The number of fused-ring (bicyclic) bond motifs is 1. The number of halogens is 1. The second-order valence-electron chi connectivity index (χ2n) is 7.24. The van der Waals surface area contributed by atoms with Crippen molar-refractivity contribution in [3.63, 3.8) is 0 Å². The first kappa shape index (κ1) is 23.9. The van der Waals surface area contributed by atoms with Crippen LogP contribution in [0.25, 0.3) is 0 Å². The molecule has 0 spiro atoms. The van der Waals surface area contributed by atoms with Gasteiger partial charge in [0.15, 0.2) is 5.96 Å². The minimum absolute atomic E-state index is 0. The average molecular weight is 522 g/mol. The van der Waals surface area contributed by atoms with Gasteiger partial charge in [-0.1, -0.05) is 0 Å². The van der Waals surface area contributed by atoms with Gasteiger partial charge in [-0.05, 0) is 43.2 Å². The van der Waals surface area contributed by atoms with Crippen LogP contribution >= 0.6 is 35.3 Å². The van der Waals surface area contributed by atoms with Crippen molar-refractivity contribution < 1.29 is 9.47 Å². The normalized spacial score (nSPS) is 19.9. The van der Waals surface area contributed by atoms with Gasteiger partial charge in [-0.25, -0.2) is 0 Å². The number of aliphatic imine (C=N–C) groups is 1. The number of thiophene rings is 1. The van der Waals surface area contributed by atoms with Crippen molar-refractivity contribution in [2.75, 3.05) is 59.2 Å². The topological polar surface area (TPSA) is 58.1 Å². The maximum absolute atomic E-state index is 5.75. The van der Waals surface area contributed by atoms with Crippen LogP contribution in [0.2, 0.25) is 0 Å². The summed E-state index contributed by atoms with van der Waals surface area (Å²) in [7, 11) is 0. The van der Waals surface area contributed by atoms with Gasteiger partial charge in [0.25, 0.3) is 0 Å². The summed E-state index contributed by atoms with van der Waals surface area (Å²) in [4.78, 5) is 8.75. The molecule has 3 rings (SSSR count). The zero-order valence-corrected chi connectivity index (χ0v) is 20.1. The van der Waals surface area contributed by atoms with Gasteiger partial charge in [-0.15, -0.1) is 35.3 Å². The highest BCUT2D eigenvalue weighted by Crippen LogP contribution is 2.23. The molecule has 0 amide bonds. The van der Waals surface area contributed by atoms with Crippen molar-refractivity contribution in [3.05, 3.63) is 21.9 Å². The van der Waals surface area contributed by atoms with E-state index in [1.165, 1.54) is 12.0 Å². The average Bonchev–Trinajstić information content (AvgIpc) is 3.35. The zero-order valence-electron chi connectivity index (χ0n) is 17.0. The van der Waals surface area contributed by atoms with Gasteiger partial charge in [0.1, 0.15) is 0 Å². The van der Waals surface area contributed by atoms with Gasteiger partial charge in [-0.2, -0.15) is 0 Å². The zero-order chi connectivity index (χ0) is 18.7. The number of nitrogens with one attached hydrogen (secondary N) is 2. The lowest BCUT2D eigenvalue weighted by Gasteiger charge is -2.27. The van der Waals surface area contributed by atoms with Gasteiger partial charge >= 0.3 is 0 Å². The molecule has 6 nitrogen and oxygen atoms in total. The van der Waals surface area contributed by atoms with E-state index in [1.807, 2.05) is 11.3 Å².